The number of carbonyl (C=O) groups is 2. The quantitative estimate of drug-likeness (QED) is 0.673. The lowest BCUT2D eigenvalue weighted by molar-refractivity contribution is 0.0303. The first-order chi connectivity index (χ1) is 14.6. The fourth-order valence-electron chi connectivity index (χ4n) is 3.63. The zero-order valence-corrected chi connectivity index (χ0v) is 18.4. The number of thiophene rings is 1. The first kappa shape index (κ1) is 22.3. The Morgan fingerprint density at radius 2 is 1.97 bits per heavy atom. The first-order valence-electron chi connectivity index (χ1n) is 10.4. The van der Waals surface area contributed by atoms with Gasteiger partial charge in [-0.1, -0.05) is 19.9 Å². The maximum atomic E-state index is 12.7. The maximum absolute atomic E-state index is 12.7. The summed E-state index contributed by atoms with van der Waals surface area (Å²) in [6, 6.07) is 9.02. The van der Waals surface area contributed by atoms with Gasteiger partial charge in [-0.2, -0.15) is 11.3 Å². The Balaban J connectivity index is 1.59. The van der Waals surface area contributed by atoms with Crippen LogP contribution >= 0.6 is 11.3 Å². The molecule has 1 aromatic carbocycles. The lowest BCUT2D eigenvalue weighted by atomic mass is 10.1. The SMILES string of the molecule is CCN(CC)C(CNC(=O)Nc1cccc(C(=O)N2CCOCC2)c1)c1ccsc1. The molecule has 1 atom stereocenters. The number of likely N-dealkylation sites (N-methyl/N-ethyl adjacent to an activating group) is 1. The Labute approximate surface area is 182 Å². The highest BCUT2D eigenvalue weighted by Gasteiger charge is 2.20. The van der Waals surface area contributed by atoms with Gasteiger partial charge in [-0.15, -0.1) is 0 Å². The molecule has 1 aliphatic heterocycles. The molecule has 8 heteroatoms. The van der Waals surface area contributed by atoms with Crippen LogP contribution in [-0.2, 0) is 4.74 Å². The Hall–Kier alpha value is -2.42. The van der Waals surface area contributed by atoms with E-state index in [1.54, 1.807) is 40.5 Å². The Bertz CT molecular complexity index is 818. The number of hydrogen-bond donors (Lipinski definition) is 2. The van der Waals surface area contributed by atoms with E-state index in [-0.39, 0.29) is 18.0 Å². The van der Waals surface area contributed by atoms with E-state index in [2.05, 4.69) is 46.2 Å². The van der Waals surface area contributed by atoms with Crippen molar-refractivity contribution in [2.75, 3.05) is 51.3 Å². The fourth-order valence-corrected chi connectivity index (χ4v) is 4.34. The molecule has 2 heterocycles. The molecule has 0 spiro atoms. The average molecular weight is 431 g/mol. The minimum absolute atomic E-state index is 0.0404. The molecule has 7 nitrogen and oxygen atoms in total. The predicted octanol–water partition coefficient (Wildman–Crippen LogP) is 3.43. The minimum atomic E-state index is -0.279. The number of hydrogen-bond acceptors (Lipinski definition) is 5. The maximum Gasteiger partial charge on any atom is 0.319 e. The molecule has 3 amide bonds. The van der Waals surface area contributed by atoms with E-state index in [0.29, 0.717) is 44.1 Å². The van der Waals surface area contributed by atoms with Crippen LogP contribution in [0.2, 0.25) is 0 Å². The summed E-state index contributed by atoms with van der Waals surface area (Å²) < 4.78 is 5.31. The molecule has 2 N–H and O–H groups in total. The molecule has 0 aliphatic carbocycles. The molecule has 2 aromatic rings. The standard InChI is InChI=1S/C22H30N4O3S/c1-3-25(4-2)20(18-8-13-30-16-18)15-23-22(28)24-19-7-5-6-17(14-19)21(27)26-9-11-29-12-10-26/h5-8,13-14,16,20H,3-4,9-12,15H2,1-2H3,(H2,23,24,28). The van der Waals surface area contributed by atoms with Gasteiger partial charge in [-0.05, 0) is 53.7 Å². The van der Waals surface area contributed by atoms with E-state index in [1.807, 2.05) is 0 Å². The summed E-state index contributed by atoms with van der Waals surface area (Å²) in [5.74, 6) is -0.0404. The van der Waals surface area contributed by atoms with Gasteiger partial charge >= 0.3 is 6.03 Å². The third-order valence-corrected chi connectivity index (χ3v) is 6.00. The van der Waals surface area contributed by atoms with Gasteiger partial charge in [0.1, 0.15) is 0 Å². The van der Waals surface area contributed by atoms with Gasteiger partial charge in [0.2, 0.25) is 0 Å². The van der Waals surface area contributed by atoms with Gasteiger partial charge in [0.05, 0.1) is 19.3 Å². The third kappa shape index (κ3) is 5.81. The highest BCUT2D eigenvalue weighted by molar-refractivity contribution is 7.08. The fraction of sp³-hybridized carbons (Fsp3) is 0.455. The van der Waals surface area contributed by atoms with Crippen molar-refractivity contribution in [1.29, 1.82) is 0 Å². The normalized spacial score (nSPS) is 15.1. The molecule has 30 heavy (non-hydrogen) atoms. The van der Waals surface area contributed by atoms with Gasteiger partial charge in [0, 0.05) is 30.9 Å². The molecule has 1 saturated heterocycles. The number of nitrogens with one attached hydrogen (secondary N) is 2. The Morgan fingerprint density at radius 1 is 1.20 bits per heavy atom. The summed E-state index contributed by atoms with van der Waals surface area (Å²) in [6.07, 6.45) is 0. The zero-order valence-electron chi connectivity index (χ0n) is 17.6. The highest BCUT2D eigenvalue weighted by atomic mass is 32.1. The summed E-state index contributed by atoms with van der Waals surface area (Å²) in [6.45, 7) is 8.88. The Morgan fingerprint density at radius 3 is 2.63 bits per heavy atom. The molecule has 0 bridgehead atoms. The van der Waals surface area contributed by atoms with Crippen LogP contribution < -0.4 is 10.6 Å². The van der Waals surface area contributed by atoms with Crippen LogP contribution in [0.15, 0.2) is 41.1 Å². The number of rotatable bonds is 8. The van der Waals surface area contributed by atoms with Crippen LogP contribution in [0.25, 0.3) is 0 Å². The van der Waals surface area contributed by atoms with Crippen molar-refractivity contribution in [3.05, 3.63) is 52.2 Å². The van der Waals surface area contributed by atoms with E-state index in [1.165, 1.54) is 5.56 Å². The molecule has 1 unspecified atom stereocenters. The molecule has 3 rings (SSSR count). The van der Waals surface area contributed by atoms with Crippen LogP contribution in [0.1, 0.15) is 35.8 Å². The van der Waals surface area contributed by atoms with Crippen molar-refractivity contribution in [3.63, 3.8) is 0 Å². The van der Waals surface area contributed by atoms with Crippen LogP contribution in [0.4, 0.5) is 10.5 Å². The van der Waals surface area contributed by atoms with E-state index in [0.717, 1.165) is 13.1 Å². The third-order valence-electron chi connectivity index (χ3n) is 5.30. The van der Waals surface area contributed by atoms with E-state index in [4.69, 9.17) is 4.74 Å². The number of urea groups is 1. The number of morpholine rings is 1. The van der Waals surface area contributed by atoms with Crippen LogP contribution in [-0.4, -0.2) is 67.7 Å². The second-order valence-corrected chi connectivity index (χ2v) is 7.89. The summed E-state index contributed by atoms with van der Waals surface area (Å²) in [5, 5.41) is 10.0. The van der Waals surface area contributed by atoms with Crippen molar-refractivity contribution in [3.8, 4) is 0 Å². The van der Waals surface area contributed by atoms with Crippen molar-refractivity contribution in [1.82, 2.24) is 15.1 Å². The van der Waals surface area contributed by atoms with Gasteiger partial charge in [0.25, 0.3) is 5.91 Å². The highest BCUT2D eigenvalue weighted by Crippen LogP contribution is 2.22. The molecular weight excluding hydrogens is 400 g/mol. The van der Waals surface area contributed by atoms with Gasteiger partial charge in [0.15, 0.2) is 0 Å². The first-order valence-corrected chi connectivity index (χ1v) is 11.3. The number of nitrogens with zero attached hydrogens (tertiary/aromatic N) is 2. The van der Waals surface area contributed by atoms with Crippen molar-refractivity contribution >= 4 is 29.0 Å². The molecule has 0 saturated carbocycles. The number of anilines is 1. The van der Waals surface area contributed by atoms with Crippen LogP contribution in [0, 0.1) is 0 Å². The summed E-state index contributed by atoms with van der Waals surface area (Å²) in [7, 11) is 0. The second kappa shape index (κ2) is 11.1. The van der Waals surface area contributed by atoms with E-state index < -0.39 is 0 Å². The van der Waals surface area contributed by atoms with Gasteiger partial charge in [-0.25, -0.2) is 4.79 Å². The Kier molecular flexibility index (Phi) is 8.24. The summed E-state index contributed by atoms with van der Waals surface area (Å²) >= 11 is 1.66. The van der Waals surface area contributed by atoms with Crippen molar-refractivity contribution in [2.45, 2.75) is 19.9 Å². The molecular formula is C22H30N4O3S. The zero-order chi connectivity index (χ0) is 21.3. The largest absolute Gasteiger partial charge is 0.378 e. The van der Waals surface area contributed by atoms with E-state index in [9.17, 15) is 9.59 Å². The monoisotopic (exact) mass is 430 g/mol. The second-order valence-electron chi connectivity index (χ2n) is 7.11. The molecule has 162 valence electrons. The minimum Gasteiger partial charge on any atom is -0.378 e. The number of benzene rings is 1. The van der Waals surface area contributed by atoms with Crippen LogP contribution in [0.3, 0.4) is 0 Å². The van der Waals surface area contributed by atoms with Gasteiger partial charge in [-0.3, -0.25) is 9.69 Å². The lowest BCUT2D eigenvalue weighted by Crippen LogP contribution is -2.40. The summed E-state index contributed by atoms with van der Waals surface area (Å²) in [5.41, 5.74) is 2.37. The molecule has 1 aromatic heterocycles. The summed E-state index contributed by atoms with van der Waals surface area (Å²) in [4.78, 5) is 29.3. The van der Waals surface area contributed by atoms with E-state index >= 15 is 0 Å². The predicted molar refractivity (Wildman–Crippen MR) is 120 cm³/mol. The smallest absolute Gasteiger partial charge is 0.319 e. The number of amides is 3. The van der Waals surface area contributed by atoms with Crippen molar-refractivity contribution < 1.29 is 14.3 Å². The lowest BCUT2D eigenvalue weighted by Gasteiger charge is -2.29. The topological polar surface area (TPSA) is 73.9 Å². The van der Waals surface area contributed by atoms with Crippen molar-refractivity contribution in [2.24, 2.45) is 0 Å². The molecule has 0 radical (unpaired) electrons. The molecule has 1 aliphatic rings. The number of ether oxygens (including phenoxy) is 1. The average Bonchev–Trinajstić information content (AvgIpc) is 3.31. The van der Waals surface area contributed by atoms with Gasteiger partial charge < -0.3 is 20.3 Å². The number of carbonyl (C=O) groups excluding carboxylic acids is 2. The van der Waals surface area contributed by atoms with Crippen LogP contribution in [0.5, 0.6) is 0 Å². The molecule has 1 fully saturated rings.